The lowest BCUT2D eigenvalue weighted by molar-refractivity contribution is -0.134. The highest BCUT2D eigenvalue weighted by molar-refractivity contribution is 5.79. The third-order valence-corrected chi connectivity index (χ3v) is 4.60. The van der Waals surface area contributed by atoms with Crippen LogP contribution in [-0.2, 0) is 4.79 Å². The van der Waals surface area contributed by atoms with Crippen molar-refractivity contribution in [1.29, 1.82) is 0 Å². The minimum atomic E-state index is 0.210. The van der Waals surface area contributed by atoms with E-state index in [-0.39, 0.29) is 12.0 Å². The molecule has 4 heteroatoms. The lowest BCUT2D eigenvalue weighted by Crippen LogP contribution is -2.35. The minimum absolute atomic E-state index is 0.210. The molecule has 0 aromatic rings. The Hall–Kier alpha value is -0.610. The molecule has 19 heavy (non-hydrogen) atoms. The van der Waals surface area contributed by atoms with Crippen LogP contribution >= 0.6 is 0 Å². The number of carbonyl (C=O) groups is 1. The fourth-order valence-electron chi connectivity index (χ4n) is 3.59. The Morgan fingerprint density at radius 2 is 2.16 bits per heavy atom. The fourth-order valence-corrected chi connectivity index (χ4v) is 3.59. The highest BCUT2D eigenvalue weighted by Crippen LogP contribution is 2.28. The molecule has 2 aliphatic rings. The molecule has 0 bridgehead atoms. The van der Waals surface area contributed by atoms with Crippen molar-refractivity contribution in [3.63, 3.8) is 0 Å². The Balaban J connectivity index is 1.76. The number of hydrogen-bond acceptors (Lipinski definition) is 3. The highest BCUT2D eigenvalue weighted by atomic mass is 16.2. The van der Waals surface area contributed by atoms with Crippen LogP contribution in [0.25, 0.3) is 0 Å². The molecular weight excluding hydrogens is 238 g/mol. The van der Waals surface area contributed by atoms with Gasteiger partial charge < -0.3 is 15.5 Å². The standard InChI is InChI=1S/C15H29N3O/c1-3-7-17(2)10-12-6-8-18(11-12)15(19)13-4-5-14(16)9-13/h12-14H,3-11,16H2,1-2H3. The lowest BCUT2D eigenvalue weighted by atomic mass is 10.1. The van der Waals surface area contributed by atoms with E-state index in [1.54, 1.807) is 0 Å². The summed E-state index contributed by atoms with van der Waals surface area (Å²) in [4.78, 5) is 16.9. The van der Waals surface area contributed by atoms with Crippen molar-refractivity contribution in [1.82, 2.24) is 9.80 Å². The topological polar surface area (TPSA) is 49.6 Å². The van der Waals surface area contributed by atoms with Crippen molar-refractivity contribution in [2.24, 2.45) is 17.6 Å². The van der Waals surface area contributed by atoms with Crippen LogP contribution in [0.1, 0.15) is 39.0 Å². The normalized spacial score (nSPS) is 31.4. The average Bonchev–Trinajstić information content (AvgIpc) is 2.98. The molecule has 2 N–H and O–H groups in total. The molecule has 3 atom stereocenters. The lowest BCUT2D eigenvalue weighted by Gasteiger charge is -2.22. The number of carbonyl (C=O) groups excluding carboxylic acids is 1. The SMILES string of the molecule is CCCN(C)CC1CCN(C(=O)C2CCC(N)C2)C1. The quantitative estimate of drug-likeness (QED) is 0.817. The van der Waals surface area contributed by atoms with Gasteiger partial charge in [0, 0.05) is 31.6 Å². The Bertz CT molecular complexity index is 308. The second-order valence-corrected chi connectivity index (χ2v) is 6.47. The van der Waals surface area contributed by atoms with Crippen LogP contribution in [0.4, 0.5) is 0 Å². The summed E-state index contributed by atoms with van der Waals surface area (Å²) in [6, 6.07) is 0.253. The number of hydrogen-bond donors (Lipinski definition) is 1. The van der Waals surface area contributed by atoms with E-state index in [0.717, 1.165) is 45.4 Å². The number of amides is 1. The van der Waals surface area contributed by atoms with Crippen LogP contribution in [0.15, 0.2) is 0 Å². The van der Waals surface area contributed by atoms with E-state index in [1.165, 1.54) is 12.8 Å². The largest absolute Gasteiger partial charge is 0.342 e. The van der Waals surface area contributed by atoms with Crippen LogP contribution in [0, 0.1) is 11.8 Å². The number of likely N-dealkylation sites (tertiary alicyclic amines) is 1. The first-order valence-corrected chi connectivity index (χ1v) is 7.83. The van der Waals surface area contributed by atoms with Gasteiger partial charge in [0.2, 0.25) is 5.91 Å². The van der Waals surface area contributed by atoms with E-state index in [9.17, 15) is 4.79 Å². The summed E-state index contributed by atoms with van der Waals surface area (Å²) in [7, 11) is 2.18. The van der Waals surface area contributed by atoms with Gasteiger partial charge in [0.1, 0.15) is 0 Å². The van der Waals surface area contributed by atoms with E-state index in [2.05, 4.69) is 23.8 Å². The first-order chi connectivity index (χ1) is 9.10. The van der Waals surface area contributed by atoms with Crippen molar-refractivity contribution in [3.8, 4) is 0 Å². The highest BCUT2D eigenvalue weighted by Gasteiger charge is 2.34. The predicted octanol–water partition coefficient (Wildman–Crippen LogP) is 1.30. The first-order valence-electron chi connectivity index (χ1n) is 7.83. The maximum absolute atomic E-state index is 12.4. The zero-order valence-corrected chi connectivity index (χ0v) is 12.5. The third-order valence-electron chi connectivity index (χ3n) is 4.60. The maximum Gasteiger partial charge on any atom is 0.225 e. The summed E-state index contributed by atoms with van der Waals surface area (Å²) in [6.45, 7) is 6.40. The van der Waals surface area contributed by atoms with Gasteiger partial charge in [0.05, 0.1) is 0 Å². The first kappa shape index (κ1) is 14.8. The van der Waals surface area contributed by atoms with E-state index in [0.29, 0.717) is 11.8 Å². The summed E-state index contributed by atoms with van der Waals surface area (Å²) in [5, 5.41) is 0. The van der Waals surface area contributed by atoms with Gasteiger partial charge in [-0.2, -0.15) is 0 Å². The van der Waals surface area contributed by atoms with Gasteiger partial charge in [-0.3, -0.25) is 4.79 Å². The monoisotopic (exact) mass is 267 g/mol. The molecular formula is C15H29N3O. The number of nitrogens with zero attached hydrogens (tertiary/aromatic N) is 2. The van der Waals surface area contributed by atoms with Gasteiger partial charge in [-0.25, -0.2) is 0 Å². The summed E-state index contributed by atoms with van der Waals surface area (Å²) < 4.78 is 0. The summed E-state index contributed by atoms with van der Waals surface area (Å²) in [6.07, 6.45) is 5.28. The molecule has 110 valence electrons. The average molecular weight is 267 g/mol. The molecule has 1 aliphatic heterocycles. The Kier molecular flexibility index (Phi) is 5.22. The van der Waals surface area contributed by atoms with Crippen LogP contribution in [0.5, 0.6) is 0 Å². The summed E-state index contributed by atoms with van der Waals surface area (Å²) in [5.74, 6) is 1.24. The molecule has 0 aromatic carbocycles. The molecule has 2 rings (SSSR count). The second-order valence-electron chi connectivity index (χ2n) is 6.47. The van der Waals surface area contributed by atoms with E-state index in [4.69, 9.17) is 5.73 Å². The maximum atomic E-state index is 12.4. The van der Waals surface area contributed by atoms with Crippen LogP contribution in [-0.4, -0.2) is 55.0 Å². The zero-order chi connectivity index (χ0) is 13.8. The van der Waals surface area contributed by atoms with Crippen molar-refractivity contribution in [2.75, 3.05) is 33.2 Å². The molecule has 1 heterocycles. The molecule has 2 fully saturated rings. The van der Waals surface area contributed by atoms with Crippen LogP contribution in [0.2, 0.25) is 0 Å². The van der Waals surface area contributed by atoms with Gasteiger partial charge >= 0.3 is 0 Å². The van der Waals surface area contributed by atoms with E-state index in [1.807, 2.05) is 0 Å². The predicted molar refractivity (Wildman–Crippen MR) is 77.8 cm³/mol. The fraction of sp³-hybridized carbons (Fsp3) is 0.933. The molecule has 0 spiro atoms. The smallest absolute Gasteiger partial charge is 0.225 e. The number of nitrogens with two attached hydrogens (primary N) is 1. The molecule has 4 nitrogen and oxygen atoms in total. The molecule has 3 unspecified atom stereocenters. The van der Waals surface area contributed by atoms with Crippen molar-refractivity contribution < 1.29 is 4.79 Å². The molecule has 1 amide bonds. The third kappa shape index (κ3) is 3.93. The van der Waals surface area contributed by atoms with E-state index >= 15 is 0 Å². The van der Waals surface area contributed by atoms with Gasteiger partial charge in [0.25, 0.3) is 0 Å². The molecule has 0 aromatic heterocycles. The van der Waals surface area contributed by atoms with Gasteiger partial charge in [-0.15, -0.1) is 0 Å². The Morgan fingerprint density at radius 3 is 2.79 bits per heavy atom. The molecule has 1 saturated heterocycles. The Labute approximate surface area is 117 Å². The zero-order valence-electron chi connectivity index (χ0n) is 12.5. The summed E-state index contributed by atoms with van der Waals surface area (Å²) in [5.41, 5.74) is 5.91. The van der Waals surface area contributed by atoms with E-state index < -0.39 is 0 Å². The van der Waals surface area contributed by atoms with Gasteiger partial charge in [-0.05, 0) is 51.6 Å². The Morgan fingerprint density at radius 1 is 1.37 bits per heavy atom. The molecule has 1 saturated carbocycles. The van der Waals surface area contributed by atoms with Crippen LogP contribution < -0.4 is 5.73 Å². The second kappa shape index (κ2) is 6.71. The van der Waals surface area contributed by atoms with Crippen molar-refractivity contribution in [3.05, 3.63) is 0 Å². The molecule has 0 radical (unpaired) electrons. The van der Waals surface area contributed by atoms with Crippen molar-refractivity contribution >= 4 is 5.91 Å². The van der Waals surface area contributed by atoms with Gasteiger partial charge in [-0.1, -0.05) is 6.92 Å². The van der Waals surface area contributed by atoms with Crippen molar-refractivity contribution in [2.45, 2.75) is 45.1 Å². The number of rotatable bonds is 5. The summed E-state index contributed by atoms with van der Waals surface area (Å²) >= 11 is 0. The van der Waals surface area contributed by atoms with Crippen LogP contribution in [0.3, 0.4) is 0 Å². The molecule has 1 aliphatic carbocycles. The van der Waals surface area contributed by atoms with Gasteiger partial charge in [0.15, 0.2) is 0 Å². The minimum Gasteiger partial charge on any atom is -0.342 e.